The van der Waals surface area contributed by atoms with Crippen LogP contribution in [0, 0.1) is 10.1 Å². The average Bonchev–Trinajstić information content (AvgIpc) is 3.12. The van der Waals surface area contributed by atoms with Crippen LogP contribution in [0.1, 0.15) is 29.9 Å². The zero-order valence-corrected chi connectivity index (χ0v) is 15.4. The number of aromatic amines is 1. The van der Waals surface area contributed by atoms with Gasteiger partial charge in [0.25, 0.3) is 5.69 Å². The van der Waals surface area contributed by atoms with Crippen molar-refractivity contribution in [1.82, 2.24) is 9.88 Å². The molecule has 140 valence electrons. The summed E-state index contributed by atoms with van der Waals surface area (Å²) in [5, 5.41) is 12.2. The van der Waals surface area contributed by atoms with Gasteiger partial charge in [0.1, 0.15) is 5.75 Å². The van der Waals surface area contributed by atoms with Crippen LogP contribution in [-0.4, -0.2) is 35.0 Å². The molecule has 1 aliphatic heterocycles. The molecule has 0 atom stereocenters. The number of fused-ring (bicyclic) bond motifs is 1. The normalized spacial score (nSPS) is 15.9. The molecular formula is C21H23N3O3. The molecule has 27 heavy (non-hydrogen) atoms. The van der Waals surface area contributed by atoms with Gasteiger partial charge in [-0.15, -0.1) is 0 Å². The Morgan fingerprint density at radius 1 is 1.22 bits per heavy atom. The highest BCUT2D eigenvalue weighted by molar-refractivity contribution is 5.85. The lowest BCUT2D eigenvalue weighted by Gasteiger charge is -2.32. The van der Waals surface area contributed by atoms with Crippen molar-refractivity contribution in [3.8, 4) is 5.75 Å². The second kappa shape index (κ2) is 7.40. The molecule has 1 aromatic heterocycles. The standard InChI is InChI=1S/C21H23N3O3/c1-27-18-5-6-21-19(12-18)20(13-22-21)16-7-9-23(10-8-16)14-15-3-2-4-17(11-15)24(25)26/h2-6,11-13,16,22H,7-10,14H2,1H3. The minimum atomic E-state index is -0.332. The van der Waals surface area contributed by atoms with E-state index in [2.05, 4.69) is 28.2 Å². The van der Waals surface area contributed by atoms with Crippen LogP contribution in [0.3, 0.4) is 0 Å². The Morgan fingerprint density at radius 2 is 2.04 bits per heavy atom. The van der Waals surface area contributed by atoms with Gasteiger partial charge in [-0.2, -0.15) is 0 Å². The molecule has 0 spiro atoms. The quantitative estimate of drug-likeness (QED) is 0.535. The highest BCUT2D eigenvalue weighted by Crippen LogP contribution is 2.35. The van der Waals surface area contributed by atoms with Crippen molar-refractivity contribution >= 4 is 16.6 Å². The monoisotopic (exact) mass is 365 g/mol. The summed E-state index contributed by atoms with van der Waals surface area (Å²) in [5.41, 5.74) is 3.67. The van der Waals surface area contributed by atoms with Crippen molar-refractivity contribution in [1.29, 1.82) is 0 Å². The van der Waals surface area contributed by atoms with Gasteiger partial charge in [-0.3, -0.25) is 15.0 Å². The first-order chi connectivity index (χ1) is 13.1. The molecule has 0 unspecified atom stereocenters. The first kappa shape index (κ1) is 17.5. The summed E-state index contributed by atoms with van der Waals surface area (Å²) in [4.78, 5) is 16.4. The smallest absolute Gasteiger partial charge is 0.269 e. The summed E-state index contributed by atoms with van der Waals surface area (Å²) in [7, 11) is 1.69. The van der Waals surface area contributed by atoms with Gasteiger partial charge in [-0.25, -0.2) is 0 Å². The van der Waals surface area contributed by atoms with Crippen molar-refractivity contribution < 1.29 is 9.66 Å². The van der Waals surface area contributed by atoms with Crippen LogP contribution in [0.15, 0.2) is 48.7 Å². The number of nitrogens with zero attached hydrogens (tertiary/aromatic N) is 2. The van der Waals surface area contributed by atoms with Gasteiger partial charge in [-0.1, -0.05) is 12.1 Å². The summed E-state index contributed by atoms with van der Waals surface area (Å²) in [5.74, 6) is 1.40. The summed E-state index contributed by atoms with van der Waals surface area (Å²) in [6, 6.07) is 13.1. The van der Waals surface area contributed by atoms with Crippen molar-refractivity contribution in [2.24, 2.45) is 0 Å². The van der Waals surface area contributed by atoms with Crippen LogP contribution >= 0.6 is 0 Å². The van der Waals surface area contributed by atoms with E-state index in [9.17, 15) is 10.1 Å². The van der Waals surface area contributed by atoms with Crippen molar-refractivity contribution in [3.05, 3.63) is 69.9 Å². The van der Waals surface area contributed by atoms with Crippen LogP contribution in [0.4, 0.5) is 5.69 Å². The predicted molar refractivity (Wildman–Crippen MR) is 105 cm³/mol. The second-order valence-corrected chi connectivity index (χ2v) is 7.13. The van der Waals surface area contributed by atoms with E-state index in [1.807, 2.05) is 12.1 Å². The number of hydrogen-bond donors (Lipinski definition) is 1. The molecule has 0 aliphatic carbocycles. The lowest BCUT2D eigenvalue weighted by molar-refractivity contribution is -0.384. The number of methoxy groups -OCH3 is 1. The van der Waals surface area contributed by atoms with Gasteiger partial charge in [0.15, 0.2) is 0 Å². The molecule has 0 radical (unpaired) electrons. The van der Waals surface area contributed by atoms with E-state index in [1.165, 1.54) is 10.9 Å². The summed E-state index contributed by atoms with van der Waals surface area (Å²) in [6.45, 7) is 2.74. The maximum Gasteiger partial charge on any atom is 0.269 e. The van der Waals surface area contributed by atoms with Gasteiger partial charge >= 0.3 is 0 Å². The molecule has 0 amide bonds. The van der Waals surface area contributed by atoms with Crippen LogP contribution in [0.2, 0.25) is 0 Å². The Hall–Kier alpha value is -2.86. The number of H-pyrrole nitrogens is 1. The van der Waals surface area contributed by atoms with E-state index in [1.54, 1.807) is 25.3 Å². The highest BCUT2D eigenvalue weighted by atomic mass is 16.6. The van der Waals surface area contributed by atoms with Crippen molar-refractivity contribution in [3.63, 3.8) is 0 Å². The zero-order chi connectivity index (χ0) is 18.8. The molecular weight excluding hydrogens is 342 g/mol. The van der Waals surface area contributed by atoms with Gasteiger partial charge in [0.05, 0.1) is 12.0 Å². The first-order valence-corrected chi connectivity index (χ1v) is 9.25. The highest BCUT2D eigenvalue weighted by Gasteiger charge is 2.23. The zero-order valence-electron chi connectivity index (χ0n) is 15.4. The maximum atomic E-state index is 11.0. The van der Waals surface area contributed by atoms with Gasteiger partial charge in [-0.05, 0) is 61.2 Å². The maximum absolute atomic E-state index is 11.0. The number of likely N-dealkylation sites (tertiary alicyclic amines) is 1. The van der Waals surface area contributed by atoms with Crippen LogP contribution in [0.25, 0.3) is 10.9 Å². The Labute approximate surface area is 157 Å². The molecule has 1 aliphatic rings. The SMILES string of the molecule is COc1ccc2[nH]cc(C3CCN(Cc4cccc([N+](=O)[O-])c4)CC3)c2c1. The van der Waals surface area contributed by atoms with Crippen molar-refractivity contribution in [2.45, 2.75) is 25.3 Å². The summed E-state index contributed by atoms with van der Waals surface area (Å²) in [6.07, 6.45) is 4.29. The van der Waals surface area contributed by atoms with E-state index in [0.29, 0.717) is 5.92 Å². The minimum Gasteiger partial charge on any atom is -0.497 e. The third kappa shape index (κ3) is 3.66. The number of nitro groups is 1. The minimum absolute atomic E-state index is 0.162. The fourth-order valence-electron chi connectivity index (χ4n) is 4.01. The number of aromatic nitrogens is 1. The third-order valence-corrected chi connectivity index (χ3v) is 5.48. The first-order valence-electron chi connectivity index (χ1n) is 9.25. The lowest BCUT2D eigenvalue weighted by Crippen LogP contribution is -2.32. The van der Waals surface area contributed by atoms with E-state index in [-0.39, 0.29) is 10.6 Å². The molecule has 1 fully saturated rings. The van der Waals surface area contributed by atoms with Crippen LogP contribution < -0.4 is 4.74 Å². The molecule has 2 heterocycles. The Balaban J connectivity index is 1.43. The molecule has 0 saturated carbocycles. The lowest BCUT2D eigenvalue weighted by atomic mass is 9.89. The van der Waals surface area contributed by atoms with E-state index < -0.39 is 0 Å². The molecule has 6 nitrogen and oxygen atoms in total. The Kier molecular flexibility index (Phi) is 4.81. The van der Waals surface area contributed by atoms with E-state index in [4.69, 9.17) is 4.74 Å². The largest absolute Gasteiger partial charge is 0.497 e. The molecule has 1 saturated heterocycles. The summed E-state index contributed by atoms with van der Waals surface area (Å²) < 4.78 is 5.37. The molecule has 6 heteroatoms. The molecule has 0 bridgehead atoms. The summed E-state index contributed by atoms with van der Waals surface area (Å²) >= 11 is 0. The topological polar surface area (TPSA) is 71.4 Å². The fraction of sp³-hybridized carbons (Fsp3) is 0.333. The third-order valence-electron chi connectivity index (χ3n) is 5.48. The predicted octanol–water partition coefficient (Wildman–Crippen LogP) is 4.46. The van der Waals surface area contributed by atoms with Crippen LogP contribution in [0.5, 0.6) is 5.75 Å². The molecule has 2 aromatic carbocycles. The number of piperidine rings is 1. The van der Waals surface area contributed by atoms with Crippen molar-refractivity contribution in [2.75, 3.05) is 20.2 Å². The average molecular weight is 365 g/mol. The number of hydrogen-bond acceptors (Lipinski definition) is 4. The van der Waals surface area contributed by atoms with Gasteiger partial charge in [0, 0.05) is 35.8 Å². The number of nitrogens with one attached hydrogen (secondary N) is 1. The molecule has 3 aromatic rings. The van der Waals surface area contributed by atoms with Gasteiger partial charge in [0.2, 0.25) is 0 Å². The van der Waals surface area contributed by atoms with Gasteiger partial charge < -0.3 is 9.72 Å². The number of non-ortho nitro benzene ring substituents is 1. The number of benzene rings is 2. The Bertz CT molecular complexity index is 958. The van der Waals surface area contributed by atoms with E-state index >= 15 is 0 Å². The number of nitro benzene ring substituents is 1. The molecule has 1 N–H and O–H groups in total. The Morgan fingerprint density at radius 3 is 2.78 bits per heavy atom. The number of ether oxygens (including phenoxy) is 1. The van der Waals surface area contributed by atoms with Crippen LogP contribution in [-0.2, 0) is 6.54 Å². The number of rotatable bonds is 5. The fourth-order valence-corrected chi connectivity index (χ4v) is 4.01. The second-order valence-electron chi connectivity index (χ2n) is 7.13. The van der Waals surface area contributed by atoms with E-state index in [0.717, 1.165) is 49.3 Å². The molecule has 4 rings (SSSR count).